The van der Waals surface area contributed by atoms with Gasteiger partial charge in [-0.05, 0) is 24.5 Å². The zero-order chi connectivity index (χ0) is 20.1. The van der Waals surface area contributed by atoms with Crippen molar-refractivity contribution in [2.75, 3.05) is 6.54 Å². The van der Waals surface area contributed by atoms with Crippen LogP contribution in [0.3, 0.4) is 0 Å². The molecular weight excluding hydrogens is 370 g/mol. The number of rotatable bonds is 5. The first kappa shape index (κ1) is 18.8. The normalized spacial score (nSPS) is 15.4. The Kier molecular flexibility index (Phi) is 5.60. The van der Waals surface area contributed by atoms with Gasteiger partial charge in [0.15, 0.2) is 0 Å². The van der Waals surface area contributed by atoms with E-state index in [9.17, 15) is 9.59 Å². The van der Waals surface area contributed by atoms with Crippen LogP contribution in [0.5, 0.6) is 0 Å². The summed E-state index contributed by atoms with van der Waals surface area (Å²) in [5.74, 6) is 0.600. The van der Waals surface area contributed by atoms with Gasteiger partial charge in [0.25, 0.3) is 5.56 Å². The topological polar surface area (TPSA) is 99.0 Å². The molecule has 1 aliphatic heterocycles. The third-order valence-corrected chi connectivity index (χ3v) is 4.89. The van der Waals surface area contributed by atoms with Gasteiger partial charge in [0.1, 0.15) is 18.8 Å². The number of hydrogen-bond donors (Lipinski definition) is 1. The van der Waals surface area contributed by atoms with E-state index in [1.54, 1.807) is 16.8 Å². The number of ether oxygens (including phenoxy) is 1. The molecule has 0 aliphatic carbocycles. The number of carbonyl (C=O) groups is 1. The number of nitrogens with zero attached hydrogens (tertiary/aromatic N) is 4. The van der Waals surface area contributed by atoms with Crippen molar-refractivity contribution in [2.24, 2.45) is 0 Å². The molecule has 0 spiro atoms. The molecule has 1 atom stereocenters. The quantitative estimate of drug-likeness (QED) is 0.717. The fourth-order valence-electron chi connectivity index (χ4n) is 3.43. The Morgan fingerprint density at radius 3 is 2.86 bits per heavy atom. The molecule has 0 bridgehead atoms. The van der Waals surface area contributed by atoms with Crippen LogP contribution in [0.1, 0.15) is 30.1 Å². The lowest BCUT2D eigenvalue weighted by molar-refractivity contribution is 0.138. The van der Waals surface area contributed by atoms with Gasteiger partial charge in [0.2, 0.25) is 0 Å². The molecule has 3 aromatic rings. The monoisotopic (exact) mass is 391 g/mol. The van der Waals surface area contributed by atoms with Gasteiger partial charge in [0, 0.05) is 31.3 Å². The van der Waals surface area contributed by atoms with E-state index in [2.05, 4.69) is 20.3 Å². The maximum atomic E-state index is 12.6. The molecule has 1 aliphatic rings. The Labute approximate surface area is 167 Å². The van der Waals surface area contributed by atoms with Gasteiger partial charge in [-0.3, -0.25) is 9.36 Å². The van der Waals surface area contributed by atoms with Gasteiger partial charge in [-0.25, -0.2) is 19.7 Å². The summed E-state index contributed by atoms with van der Waals surface area (Å²) in [6, 6.07) is 12.7. The Morgan fingerprint density at radius 1 is 1.21 bits per heavy atom. The average Bonchev–Trinajstić information content (AvgIpc) is 2.77. The molecule has 3 heterocycles. The molecule has 8 heteroatoms. The fraction of sp³-hybridized carbons (Fsp3) is 0.286. The van der Waals surface area contributed by atoms with Gasteiger partial charge in [0.05, 0.1) is 11.4 Å². The van der Waals surface area contributed by atoms with Crippen molar-refractivity contribution in [3.05, 3.63) is 76.7 Å². The van der Waals surface area contributed by atoms with Crippen molar-refractivity contribution in [2.45, 2.75) is 31.9 Å². The fourth-order valence-corrected chi connectivity index (χ4v) is 3.43. The Bertz CT molecular complexity index is 1040. The number of alkyl carbamates (subject to hydrolysis) is 1. The smallest absolute Gasteiger partial charge is 0.407 e. The summed E-state index contributed by atoms with van der Waals surface area (Å²) in [5.41, 5.74) is 1.93. The number of aromatic nitrogens is 4. The molecule has 8 nitrogen and oxygen atoms in total. The van der Waals surface area contributed by atoms with E-state index in [1.165, 1.54) is 12.4 Å². The van der Waals surface area contributed by atoms with Gasteiger partial charge in [-0.15, -0.1) is 0 Å². The summed E-state index contributed by atoms with van der Waals surface area (Å²) < 4.78 is 6.94. The molecule has 1 N–H and O–H groups in total. The lowest BCUT2D eigenvalue weighted by Gasteiger charge is -2.26. The van der Waals surface area contributed by atoms with E-state index in [0.29, 0.717) is 30.3 Å². The third kappa shape index (κ3) is 4.48. The highest BCUT2D eigenvalue weighted by Crippen LogP contribution is 2.25. The summed E-state index contributed by atoms with van der Waals surface area (Å²) in [6.45, 7) is 1.19. The molecule has 148 valence electrons. The van der Waals surface area contributed by atoms with Crippen LogP contribution in [0.4, 0.5) is 4.79 Å². The number of nitrogens with one attached hydrogen (secondary N) is 1. The highest BCUT2D eigenvalue weighted by Gasteiger charge is 2.24. The number of fused-ring (bicyclic) bond motifs is 1. The van der Waals surface area contributed by atoms with Crippen LogP contribution in [0, 0.1) is 0 Å². The molecule has 2 aromatic heterocycles. The van der Waals surface area contributed by atoms with Crippen molar-refractivity contribution < 1.29 is 9.53 Å². The van der Waals surface area contributed by atoms with Gasteiger partial charge in [-0.1, -0.05) is 30.3 Å². The Morgan fingerprint density at radius 2 is 2.07 bits per heavy atom. The molecule has 1 unspecified atom stereocenters. The number of hydrogen-bond acceptors (Lipinski definition) is 6. The maximum absolute atomic E-state index is 12.6. The van der Waals surface area contributed by atoms with Crippen LogP contribution in [0.15, 0.2) is 59.8 Å². The summed E-state index contributed by atoms with van der Waals surface area (Å²) in [5, 5.41) is 2.80. The zero-order valence-corrected chi connectivity index (χ0v) is 15.8. The van der Waals surface area contributed by atoms with Crippen LogP contribution < -0.4 is 10.9 Å². The highest BCUT2D eigenvalue weighted by atomic mass is 16.5. The van der Waals surface area contributed by atoms with Crippen LogP contribution in [0.2, 0.25) is 0 Å². The minimum Gasteiger partial charge on any atom is -0.445 e. The zero-order valence-electron chi connectivity index (χ0n) is 15.8. The SMILES string of the molecule is O=C(NCC1CCCn2c1nc(-c1ccncn1)cc2=O)OCc1ccccc1. The predicted molar refractivity (Wildman–Crippen MR) is 106 cm³/mol. The first-order valence-electron chi connectivity index (χ1n) is 9.53. The van der Waals surface area contributed by atoms with Crippen molar-refractivity contribution in [3.8, 4) is 11.4 Å². The highest BCUT2D eigenvalue weighted by molar-refractivity contribution is 5.67. The van der Waals surface area contributed by atoms with Crippen LogP contribution in [0.25, 0.3) is 11.4 Å². The molecule has 0 saturated heterocycles. The molecule has 0 radical (unpaired) electrons. The van der Waals surface area contributed by atoms with E-state index >= 15 is 0 Å². The third-order valence-electron chi connectivity index (χ3n) is 4.89. The standard InChI is InChI=1S/C21H21N5O3/c27-19-11-18(17-8-9-22-14-24-17)25-20-16(7-4-10-26(19)20)12-23-21(28)29-13-15-5-2-1-3-6-15/h1-3,5-6,8-9,11,14,16H,4,7,10,12-13H2,(H,23,28). The van der Waals surface area contributed by atoms with Crippen LogP contribution in [-0.4, -0.2) is 32.2 Å². The van der Waals surface area contributed by atoms with E-state index in [1.807, 2.05) is 30.3 Å². The maximum Gasteiger partial charge on any atom is 0.407 e. The lowest BCUT2D eigenvalue weighted by Crippen LogP contribution is -2.36. The first-order chi connectivity index (χ1) is 14.2. The number of amides is 1. The lowest BCUT2D eigenvalue weighted by atomic mass is 9.98. The summed E-state index contributed by atoms with van der Waals surface area (Å²) in [6.07, 6.45) is 4.24. The summed E-state index contributed by atoms with van der Waals surface area (Å²) >= 11 is 0. The van der Waals surface area contributed by atoms with Crippen molar-refractivity contribution in [1.82, 2.24) is 24.8 Å². The Hall–Kier alpha value is -3.55. The number of carbonyl (C=O) groups excluding carboxylic acids is 1. The number of benzene rings is 1. The molecular formula is C21H21N5O3. The van der Waals surface area contributed by atoms with Gasteiger partial charge >= 0.3 is 6.09 Å². The van der Waals surface area contributed by atoms with Gasteiger partial charge in [-0.2, -0.15) is 0 Å². The second-order valence-electron chi connectivity index (χ2n) is 6.87. The van der Waals surface area contributed by atoms with Crippen molar-refractivity contribution in [3.63, 3.8) is 0 Å². The van der Waals surface area contributed by atoms with E-state index < -0.39 is 6.09 Å². The van der Waals surface area contributed by atoms with Crippen molar-refractivity contribution in [1.29, 1.82) is 0 Å². The van der Waals surface area contributed by atoms with Crippen molar-refractivity contribution >= 4 is 6.09 Å². The van der Waals surface area contributed by atoms with E-state index in [-0.39, 0.29) is 18.1 Å². The summed E-state index contributed by atoms with van der Waals surface area (Å²) in [7, 11) is 0. The largest absolute Gasteiger partial charge is 0.445 e. The molecule has 1 amide bonds. The predicted octanol–water partition coefficient (Wildman–Crippen LogP) is 2.50. The molecule has 0 fully saturated rings. The summed E-state index contributed by atoms with van der Waals surface area (Å²) in [4.78, 5) is 37.4. The molecule has 1 aromatic carbocycles. The molecule has 29 heavy (non-hydrogen) atoms. The minimum atomic E-state index is -0.486. The molecule has 0 saturated carbocycles. The molecule has 4 rings (SSSR count). The first-order valence-corrected chi connectivity index (χ1v) is 9.53. The van der Waals surface area contributed by atoms with Crippen LogP contribution in [-0.2, 0) is 17.9 Å². The van der Waals surface area contributed by atoms with Crippen LogP contribution >= 0.6 is 0 Å². The second kappa shape index (κ2) is 8.64. The average molecular weight is 391 g/mol. The van der Waals surface area contributed by atoms with E-state index in [0.717, 1.165) is 18.4 Å². The minimum absolute atomic E-state index is 0.0671. The van der Waals surface area contributed by atoms with Gasteiger partial charge < -0.3 is 10.1 Å². The second-order valence-corrected chi connectivity index (χ2v) is 6.87. The van der Waals surface area contributed by atoms with E-state index in [4.69, 9.17) is 4.74 Å². The Balaban J connectivity index is 1.45.